The predicted octanol–water partition coefficient (Wildman–Crippen LogP) is 3.28. The lowest BCUT2D eigenvalue weighted by Crippen LogP contribution is -2.51. The van der Waals surface area contributed by atoms with Crippen LogP contribution in [0.25, 0.3) is 0 Å². The third-order valence-electron chi connectivity index (χ3n) is 3.79. The second-order valence-corrected chi connectivity index (χ2v) is 9.16. The number of rotatable bonds is 4. The highest BCUT2D eigenvalue weighted by molar-refractivity contribution is 7.99. The van der Waals surface area contributed by atoms with Crippen LogP contribution in [0.3, 0.4) is 0 Å². The Bertz CT molecular complexity index is 726. The topological polar surface area (TPSA) is 63.7 Å². The van der Waals surface area contributed by atoms with Gasteiger partial charge in [0.25, 0.3) is 0 Å². The molecule has 1 aliphatic heterocycles. The van der Waals surface area contributed by atoms with Crippen LogP contribution in [0.5, 0.6) is 0 Å². The number of carbonyl (C=O) groups excluding carboxylic acids is 1. The fourth-order valence-electron chi connectivity index (χ4n) is 2.54. The predicted molar refractivity (Wildman–Crippen MR) is 97.6 cm³/mol. The summed E-state index contributed by atoms with van der Waals surface area (Å²) in [7, 11) is -3.98. The van der Waals surface area contributed by atoms with Gasteiger partial charge in [-0.3, -0.25) is 4.79 Å². The summed E-state index contributed by atoms with van der Waals surface area (Å²) in [5, 5.41) is 0.465. The highest BCUT2D eigenvalue weighted by Crippen LogP contribution is 2.36. The average molecular weight is 412 g/mol. The number of hydrogen-bond acceptors (Lipinski definition) is 5. The molecule has 0 N–H and O–H groups in total. The van der Waals surface area contributed by atoms with Crippen LogP contribution in [-0.4, -0.2) is 49.4 Å². The number of esters is 1. The van der Waals surface area contributed by atoms with Crippen LogP contribution in [0.4, 0.5) is 0 Å². The van der Waals surface area contributed by atoms with Crippen molar-refractivity contribution in [2.24, 2.45) is 0 Å². The first-order valence-corrected chi connectivity index (χ1v) is 10.8. The van der Waals surface area contributed by atoms with E-state index in [4.69, 9.17) is 27.9 Å². The molecule has 0 saturated carbocycles. The van der Waals surface area contributed by atoms with Gasteiger partial charge in [-0.25, -0.2) is 8.42 Å². The number of aryl methyl sites for hydroxylation is 1. The lowest BCUT2D eigenvalue weighted by atomic mass is 10.2. The zero-order chi connectivity index (χ0) is 18.1. The quantitative estimate of drug-likeness (QED) is 0.711. The maximum Gasteiger partial charge on any atom is 0.325 e. The fourth-order valence-corrected chi connectivity index (χ4v) is 6.53. The molecule has 0 unspecified atom stereocenters. The van der Waals surface area contributed by atoms with Crippen molar-refractivity contribution in [3.8, 4) is 0 Å². The maximum absolute atomic E-state index is 13.2. The van der Waals surface area contributed by atoms with E-state index < -0.39 is 22.0 Å². The zero-order valence-electron chi connectivity index (χ0n) is 13.6. The molecule has 0 aromatic heterocycles. The molecule has 9 heteroatoms. The number of ether oxygens (including phenoxy) is 1. The Morgan fingerprint density at radius 2 is 2.08 bits per heavy atom. The normalized spacial score (nSPS) is 19.3. The second-order valence-electron chi connectivity index (χ2n) is 5.40. The van der Waals surface area contributed by atoms with E-state index in [-0.39, 0.29) is 23.1 Å². The molecular formula is C15H19Cl2NO4S2. The highest BCUT2D eigenvalue weighted by atomic mass is 35.5. The van der Waals surface area contributed by atoms with Gasteiger partial charge in [0, 0.05) is 23.1 Å². The molecule has 1 heterocycles. The number of nitrogens with zero attached hydrogens (tertiary/aromatic N) is 1. The Hall–Kier alpha value is -0.470. The third kappa shape index (κ3) is 3.70. The number of benzene rings is 1. The van der Waals surface area contributed by atoms with Crippen LogP contribution >= 0.6 is 35.0 Å². The summed E-state index contributed by atoms with van der Waals surface area (Å²) in [4.78, 5) is 12.2. The zero-order valence-corrected chi connectivity index (χ0v) is 16.8. The van der Waals surface area contributed by atoms with E-state index in [9.17, 15) is 13.2 Å². The van der Waals surface area contributed by atoms with Crippen LogP contribution < -0.4 is 0 Å². The number of thioether (sulfide) groups is 1. The minimum Gasteiger partial charge on any atom is -0.465 e. The SMILES string of the molecule is CCOC(=O)[C@@H]1CSCCN1S(=O)(=O)c1c(C)c(Cl)cc(C)c1Cl. The van der Waals surface area contributed by atoms with E-state index in [2.05, 4.69) is 0 Å². The Labute approximate surface area is 156 Å². The molecule has 0 spiro atoms. The molecule has 0 amide bonds. The third-order valence-corrected chi connectivity index (χ3v) is 7.89. The first-order valence-electron chi connectivity index (χ1n) is 7.43. The van der Waals surface area contributed by atoms with Crippen LogP contribution in [0.1, 0.15) is 18.1 Å². The summed E-state index contributed by atoms with van der Waals surface area (Å²) in [6, 6.07) is 0.774. The summed E-state index contributed by atoms with van der Waals surface area (Å²) < 4.78 is 32.7. The van der Waals surface area contributed by atoms with E-state index in [1.807, 2.05) is 0 Å². The van der Waals surface area contributed by atoms with Gasteiger partial charge < -0.3 is 4.74 Å². The monoisotopic (exact) mass is 411 g/mol. The van der Waals surface area contributed by atoms with E-state index in [1.165, 1.54) is 16.1 Å². The minimum absolute atomic E-state index is 0.0321. The van der Waals surface area contributed by atoms with E-state index in [0.717, 1.165) is 0 Å². The summed E-state index contributed by atoms with van der Waals surface area (Å²) in [5.74, 6) is 0.417. The van der Waals surface area contributed by atoms with Crippen molar-refractivity contribution in [3.05, 3.63) is 27.2 Å². The van der Waals surface area contributed by atoms with E-state index in [1.54, 1.807) is 26.8 Å². The van der Waals surface area contributed by atoms with Crippen molar-refractivity contribution >= 4 is 51.0 Å². The Morgan fingerprint density at radius 1 is 1.42 bits per heavy atom. The Balaban J connectivity index is 2.55. The summed E-state index contributed by atoms with van der Waals surface area (Å²) in [6.07, 6.45) is 0. The van der Waals surface area contributed by atoms with Crippen LogP contribution in [0, 0.1) is 13.8 Å². The molecule has 0 bridgehead atoms. The first kappa shape index (κ1) is 19.8. The Morgan fingerprint density at radius 3 is 2.71 bits per heavy atom. The van der Waals surface area contributed by atoms with Gasteiger partial charge in [0.2, 0.25) is 10.0 Å². The van der Waals surface area contributed by atoms with Crippen molar-refractivity contribution in [2.75, 3.05) is 24.7 Å². The molecule has 1 aromatic rings. The number of sulfonamides is 1. The molecule has 2 rings (SSSR count). The molecule has 5 nitrogen and oxygen atoms in total. The smallest absolute Gasteiger partial charge is 0.325 e. The minimum atomic E-state index is -3.98. The van der Waals surface area contributed by atoms with Crippen molar-refractivity contribution in [3.63, 3.8) is 0 Å². The lowest BCUT2D eigenvalue weighted by molar-refractivity contribution is -0.146. The first-order chi connectivity index (χ1) is 11.2. The van der Waals surface area contributed by atoms with Gasteiger partial charge in [-0.15, -0.1) is 0 Å². The molecule has 1 fully saturated rings. The maximum atomic E-state index is 13.2. The standard InChI is InChI=1S/C15H19Cl2NO4S2/c1-4-22-15(19)12-8-23-6-5-18(12)24(20,21)14-10(3)11(16)7-9(2)13(14)17/h7,12H,4-6,8H2,1-3H3/t12-/m0/s1. The van der Waals surface area contributed by atoms with Crippen molar-refractivity contribution in [1.82, 2.24) is 4.31 Å². The summed E-state index contributed by atoms with van der Waals surface area (Å²) in [6.45, 7) is 5.41. The van der Waals surface area contributed by atoms with Gasteiger partial charge >= 0.3 is 5.97 Å². The van der Waals surface area contributed by atoms with Gasteiger partial charge in [0.15, 0.2) is 0 Å². The van der Waals surface area contributed by atoms with Crippen molar-refractivity contribution < 1.29 is 17.9 Å². The van der Waals surface area contributed by atoms with Crippen LogP contribution in [0.2, 0.25) is 10.0 Å². The average Bonchev–Trinajstić information content (AvgIpc) is 2.53. The molecule has 1 aromatic carbocycles. The van der Waals surface area contributed by atoms with Crippen LogP contribution in [0.15, 0.2) is 11.0 Å². The lowest BCUT2D eigenvalue weighted by Gasteiger charge is -2.33. The van der Waals surface area contributed by atoms with Gasteiger partial charge in [0.05, 0.1) is 11.6 Å². The number of carbonyl (C=O) groups is 1. The van der Waals surface area contributed by atoms with Gasteiger partial charge in [-0.05, 0) is 38.0 Å². The molecule has 0 aliphatic carbocycles. The molecule has 1 saturated heterocycles. The van der Waals surface area contributed by atoms with Crippen LogP contribution in [-0.2, 0) is 19.6 Å². The molecule has 0 radical (unpaired) electrons. The number of halogens is 2. The highest BCUT2D eigenvalue weighted by Gasteiger charge is 2.40. The summed E-state index contributed by atoms with van der Waals surface area (Å²) >= 11 is 13.9. The van der Waals surface area contributed by atoms with Crippen molar-refractivity contribution in [1.29, 1.82) is 0 Å². The fraction of sp³-hybridized carbons (Fsp3) is 0.533. The molecule has 134 valence electrons. The van der Waals surface area contributed by atoms with Gasteiger partial charge in [-0.1, -0.05) is 23.2 Å². The molecule has 1 aliphatic rings. The number of hydrogen-bond donors (Lipinski definition) is 0. The van der Waals surface area contributed by atoms with Gasteiger partial charge in [-0.2, -0.15) is 16.1 Å². The molecular weight excluding hydrogens is 393 g/mol. The van der Waals surface area contributed by atoms with E-state index in [0.29, 0.717) is 27.7 Å². The molecule has 24 heavy (non-hydrogen) atoms. The Kier molecular flexibility index (Phi) is 6.47. The summed E-state index contributed by atoms with van der Waals surface area (Å²) in [5.41, 5.74) is 0.956. The second kappa shape index (κ2) is 7.83. The van der Waals surface area contributed by atoms with Crippen molar-refractivity contribution in [2.45, 2.75) is 31.7 Å². The van der Waals surface area contributed by atoms with E-state index >= 15 is 0 Å². The van der Waals surface area contributed by atoms with Gasteiger partial charge in [0.1, 0.15) is 10.9 Å². The largest absolute Gasteiger partial charge is 0.465 e. The molecule has 1 atom stereocenters.